The molecule has 0 bridgehead atoms. The molecule has 3 heterocycles. The smallest absolute Gasteiger partial charge is 0.322 e. The second kappa shape index (κ2) is 6.49. The molecule has 0 saturated carbocycles. The van der Waals surface area contributed by atoms with E-state index in [1.54, 1.807) is 0 Å². The summed E-state index contributed by atoms with van der Waals surface area (Å²) >= 11 is 0. The highest BCUT2D eigenvalue weighted by Crippen LogP contribution is 2.38. The molecule has 4 atom stereocenters. The number of aliphatic hydroxyl groups is 1. The molecule has 1 unspecified atom stereocenters. The molecule has 1 aliphatic heterocycles. The number of aliphatic hydroxyl groups excluding tert-OH is 1. The van der Waals surface area contributed by atoms with E-state index in [2.05, 4.69) is 20.9 Å². The Morgan fingerprint density at radius 1 is 1.69 bits per heavy atom. The molecule has 2 aromatic heterocycles. The van der Waals surface area contributed by atoms with E-state index >= 15 is 0 Å². The van der Waals surface area contributed by atoms with Gasteiger partial charge in [0, 0.05) is 6.42 Å². The number of esters is 1. The van der Waals surface area contributed by atoms with Crippen LogP contribution in [0, 0.1) is 18.4 Å². The Hall–Kier alpha value is -2.81. The van der Waals surface area contributed by atoms with Gasteiger partial charge in [-0.1, -0.05) is 5.92 Å². The van der Waals surface area contributed by atoms with E-state index in [0.717, 1.165) is 0 Å². The fourth-order valence-corrected chi connectivity index (χ4v) is 2.65. The summed E-state index contributed by atoms with van der Waals surface area (Å²) in [5.41, 5.74) is 9.75. The van der Waals surface area contributed by atoms with E-state index in [0.29, 0.717) is 0 Å². The number of halogens is 1. The molecule has 26 heavy (non-hydrogen) atoms. The van der Waals surface area contributed by atoms with Gasteiger partial charge in [0.15, 0.2) is 22.6 Å². The molecule has 1 saturated heterocycles. The average molecular weight is 364 g/mol. The SMILES string of the molecule is C#CC1(COC(=O)[C@H](C)N)O[C@@H](n2cnc3c(N)nc(F)nc32)C[C@@H]1O. The molecule has 0 aliphatic carbocycles. The second-order valence-corrected chi connectivity index (χ2v) is 5.96. The predicted molar refractivity (Wildman–Crippen MR) is 86.6 cm³/mol. The molecule has 0 radical (unpaired) electrons. The summed E-state index contributed by atoms with van der Waals surface area (Å²) in [4.78, 5) is 22.7. The van der Waals surface area contributed by atoms with Crippen molar-refractivity contribution in [2.24, 2.45) is 5.73 Å². The Balaban J connectivity index is 1.88. The molecule has 1 fully saturated rings. The first kappa shape index (κ1) is 18.0. The highest BCUT2D eigenvalue weighted by atomic mass is 19.1. The molecular weight excluding hydrogens is 347 g/mol. The standard InChI is InChI=1S/C15H17FN6O4/c1-3-15(5-25-13(24)7(2)17)8(23)4-9(26-15)22-6-19-10-11(18)20-14(16)21-12(10)22/h1,6-9,23H,4-5,17H2,2H3,(H2,18,20,21)/t7-,8-,9+,15?/m0/s1. The third-order valence-corrected chi connectivity index (χ3v) is 4.09. The van der Waals surface area contributed by atoms with Crippen molar-refractivity contribution < 1.29 is 23.8 Å². The van der Waals surface area contributed by atoms with Gasteiger partial charge in [-0.25, -0.2) is 4.98 Å². The summed E-state index contributed by atoms with van der Waals surface area (Å²) in [6, 6.07) is -0.848. The van der Waals surface area contributed by atoms with E-state index in [9.17, 15) is 14.3 Å². The third-order valence-electron chi connectivity index (χ3n) is 4.09. The number of nitrogen functional groups attached to an aromatic ring is 1. The van der Waals surface area contributed by atoms with Gasteiger partial charge in [-0.05, 0) is 6.92 Å². The van der Waals surface area contributed by atoms with Gasteiger partial charge in [-0.15, -0.1) is 6.42 Å². The zero-order chi connectivity index (χ0) is 19.1. The van der Waals surface area contributed by atoms with Crippen molar-refractivity contribution in [3.8, 4) is 12.3 Å². The maximum atomic E-state index is 13.5. The van der Waals surface area contributed by atoms with Crippen LogP contribution in [0.3, 0.4) is 0 Å². The minimum atomic E-state index is -1.58. The van der Waals surface area contributed by atoms with Gasteiger partial charge in [-0.2, -0.15) is 14.4 Å². The lowest BCUT2D eigenvalue weighted by atomic mass is 9.99. The minimum absolute atomic E-state index is 0.0386. The summed E-state index contributed by atoms with van der Waals surface area (Å²) in [5.74, 6) is 1.52. The first-order valence-corrected chi connectivity index (χ1v) is 7.69. The number of fused-ring (bicyclic) bond motifs is 1. The fourth-order valence-electron chi connectivity index (χ4n) is 2.65. The Morgan fingerprint density at radius 2 is 2.42 bits per heavy atom. The molecule has 3 rings (SSSR count). The molecule has 5 N–H and O–H groups in total. The molecule has 138 valence electrons. The number of terminal acetylenes is 1. The Morgan fingerprint density at radius 3 is 3.08 bits per heavy atom. The van der Waals surface area contributed by atoms with Crippen LogP contribution >= 0.6 is 0 Å². The summed E-state index contributed by atoms with van der Waals surface area (Å²) in [6.07, 6.45) is 3.87. The largest absolute Gasteiger partial charge is 0.460 e. The molecule has 0 amide bonds. The van der Waals surface area contributed by atoms with E-state index in [4.69, 9.17) is 27.4 Å². The highest BCUT2D eigenvalue weighted by Gasteiger charge is 2.49. The van der Waals surface area contributed by atoms with Crippen LogP contribution in [0.15, 0.2) is 6.33 Å². The first-order chi connectivity index (χ1) is 12.3. The van der Waals surface area contributed by atoms with E-state index in [1.165, 1.54) is 17.8 Å². The van der Waals surface area contributed by atoms with Crippen LogP contribution in [0.25, 0.3) is 11.2 Å². The minimum Gasteiger partial charge on any atom is -0.460 e. The maximum Gasteiger partial charge on any atom is 0.322 e. The fraction of sp³-hybridized carbons (Fsp3) is 0.467. The van der Waals surface area contributed by atoms with Gasteiger partial charge < -0.3 is 26.0 Å². The van der Waals surface area contributed by atoms with Gasteiger partial charge in [0.1, 0.15) is 25.0 Å². The third kappa shape index (κ3) is 2.94. The first-order valence-electron chi connectivity index (χ1n) is 7.69. The van der Waals surface area contributed by atoms with Crippen LogP contribution in [0.1, 0.15) is 19.6 Å². The van der Waals surface area contributed by atoms with Crippen LogP contribution in [0.2, 0.25) is 0 Å². The van der Waals surface area contributed by atoms with Gasteiger partial charge in [0.05, 0.1) is 6.33 Å². The van der Waals surface area contributed by atoms with Crippen molar-refractivity contribution in [3.63, 3.8) is 0 Å². The predicted octanol–water partition coefficient (Wildman–Crippen LogP) is -0.910. The van der Waals surface area contributed by atoms with Crippen LogP contribution in [-0.4, -0.2) is 54.9 Å². The number of imidazole rings is 1. The summed E-state index contributed by atoms with van der Waals surface area (Å²) in [6.45, 7) is 1.07. The molecule has 10 nitrogen and oxygen atoms in total. The van der Waals surface area contributed by atoms with Crippen molar-refractivity contribution in [2.45, 2.75) is 37.3 Å². The van der Waals surface area contributed by atoms with Crippen LogP contribution in [0.4, 0.5) is 10.2 Å². The van der Waals surface area contributed by atoms with E-state index in [-0.39, 0.29) is 30.0 Å². The van der Waals surface area contributed by atoms with Gasteiger partial charge in [0.2, 0.25) is 0 Å². The average Bonchev–Trinajstić information content (AvgIpc) is 3.14. The topological polar surface area (TPSA) is 151 Å². The summed E-state index contributed by atoms with van der Waals surface area (Å²) < 4.78 is 25.7. The van der Waals surface area contributed by atoms with Crippen LogP contribution < -0.4 is 11.5 Å². The number of hydrogen-bond acceptors (Lipinski definition) is 9. The highest BCUT2D eigenvalue weighted by molar-refractivity contribution is 5.81. The number of aromatic nitrogens is 4. The molecule has 2 aromatic rings. The Labute approximate surface area is 147 Å². The van der Waals surface area contributed by atoms with Crippen molar-refractivity contribution in [3.05, 3.63) is 12.4 Å². The number of ether oxygens (including phenoxy) is 2. The number of carbonyl (C=O) groups is 1. The van der Waals surface area contributed by atoms with E-state index < -0.39 is 36.0 Å². The number of carbonyl (C=O) groups excluding carboxylic acids is 1. The lowest BCUT2D eigenvalue weighted by Crippen LogP contribution is -2.44. The monoisotopic (exact) mass is 364 g/mol. The molecular formula is C15H17FN6O4. The van der Waals surface area contributed by atoms with Gasteiger partial charge in [0.25, 0.3) is 0 Å². The summed E-state index contributed by atoms with van der Waals surface area (Å²) in [5, 5.41) is 10.4. The zero-order valence-corrected chi connectivity index (χ0v) is 13.8. The lowest BCUT2D eigenvalue weighted by Gasteiger charge is -2.26. The number of nitrogens with zero attached hydrogens (tertiary/aromatic N) is 4. The molecule has 11 heteroatoms. The van der Waals surface area contributed by atoms with Gasteiger partial charge in [-0.3, -0.25) is 9.36 Å². The maximum absolute atomic E-state index is 13.5. The Kier molecular flexibility index (Phi) is 4.49. The number of nitrogens with two attached hydrogens (primary N) is 2. The summed E-state index contributed by atoms with van der Waals surface area (Å²) in [7, 11) is 0. The Bertz CT molecular complexity index is 894. The van der Waals surface area contributed by atoms with Crippen molar-refractivity contribution in [2.75, 3.05) is 12.3 Å². The van der Waals surface area contributed by atoms with Crippen molar-refractivity contribution in [1.82, 2.24) is 19.5 Å². The lowest BCUT2D eigenvalue weighted by molar-refractivity contribution is -0.157. The van der Waals surface area contributed by atoms with Crippen molar-refractivity contribution in [1.29, 1.82) is 0 Å². The number of anilines is 1. The van der Waals surface area contributed by atoms with Crippen LogP contribution in [-0.2, 0) is 14.3 Å². The number of rotatable bonds is 4. The molecule has 0 aromatic carbocycles. The van der Waals surface area contributed by atoms with E-state index in [1.807, 2.05) is 0 Å². The molecule has 0 spiro atoms. The van der Waals surface area contributed by atoms with Crippen molar-refractivity contribution >= 4 is 23.0 Å². The second-order valence-electron chi connectivity index (χ2n) is 5.96. The zero-order valence-electron chi connectivity index (χ0n) is 13.8. The van der Waals surface area contributed by atoms with Gasteiger partial charge >= 0.3 is 12.0 Å². The number of hydrogen-bond donors (Lipinski definition) is 3. The molecule has 1 aliphatic rings. The van der Waals surface area contributed by atoms with Crippen LogP contribution in [0.5, 0.6) is 0 Å². The quantitative estimate of drug-likeness (QED) is 0.356. The normalized spacial score (nSPS) is 26.6.